The van der Waals surface area contributed by atoms with E-state index in [-0.39, 0.29) is 12.4 Å². The lowest BCUT2D eigenvalue weighted by molar-refractivity contribution is 0.0919. The molecule has 0 heterocycles. The van der Waals surface area contributed by atoms with Crippen LogP contribution < -0.4 is 9.47 Å². The van der Waals surface area contributed by atoms with E-state index in [2.05, 4.69) is 15.9 Å². The van der Waals surface area contributed by atoms with Gasteiger partial charge >= 0.3 is 0 Å². The maximum absolute atomic E-state index is 12.1. The van der Waals surface area contributed by atoms with Crippen LogP contribution >= 0.6 is 27.5 Å². The number of Topliss-reactive ketones (excluding diaryl/α,β-unsaturated/α-hetero) is 1. The molecule has 0 aromatic heterocycles. The van der Waals surface area contributed by atoms with Crippen LogP contribution in [-0.2, 0) is 0 Å². The number of benzene rings is 2. The topological polar surface area (TPSA) is 35.5 Å². The monoisotopic (exact) mass is 354 g/mol. The van der Waals surface area contributed by atoms with Crippen molar-refractivity contribution in [1.29, 1.82) is 0 Å². The van der Waals surface area contributed by atoms with Gasteiger partial charge in [0.05, 0.1) is 16.6 Å². The first-order chi connectivity index (χ1) is 9.63. The van der Waals surface area contributed by atoms with Crippen LogP contribution in [0.1, 0.15) is 10.4 Å². The highest BCUT2D eigenvalue weighted by Crippen LogP contribution is 2.34. The van der Waals surface area contributed by atoms with Gasteiger partial charge in [0.25, 0.3) is 0 Å². The summed E-state index contributed by atoms with van der Waals surface area (Å²) in [7, 11) is 1.55. The maximum Gasteiger partial charge on any atom is 0.201 e. The minimum atomic E-state index is -0.187. The van der Waals surface area contributed by atoms with Crippen LogP contribution in [0.5, 0.6) is 11.5 Å². The van der Waals surface area contributed by atoms with E-state index in [4.69, 9.17) is 21.1 Å². The van der Waals surface area contributed by atoms with E-state index in [9.17, 15) is 4.79 Å². The van der Waals surface area contributed by atoms with Gasteiger partial charge in [-0.05, 0) is 40.2 Å². The van der Waals surface area contributed by atoms with Gasteiger partial charge in [-0.2, -0.15) is 0 Å². The minimum Gasteiger partial charge on any atom is -0.493 e. The molecule has 0 amide bonds. The van der Waals surface area contributed by atoms with E-state index in [1.54, 1.807) is 37.4 Å². The van der Waals surface area contributed by atoms with Crippen molar-refractivity contribution in [3.05, 3.63) is 57.5 Å². The average Bonchev–Trinajstić information content (AvgIpc) is 2.46. The number of rotatable bonds is 5. The van der Waals surface area contributed by atoms with Crippen molar-refractivity contribution in [1.82, 2.24) is 0 Å². The summed E-state index contributed by atoms with van der Waals surface area (Å²) >= 11 is 9.35. The van der Waals surface area contributed by atoms with Gasteiger partial charge in [-0.1, -0.05) is 29.8 Å². The van der Waals surface area contributed by atoms with Gasteiger partial charge in [0.15, 0.2) is 18.1 Å². The van der Waals surface area contributed by atoms with E-state index in [0.717, 1.165) is 4.47 Å². The van der Waals surface area contributed by atoms with Crippen LogP contribution in [0, 0.1) is 0 Å². The van der Waals surface area contributed by atoms with E-state index in [1.165, 1.54) is 0 Å². The molecule has 5 heteroatoms. The summed E-state index contributed by atoms with van der Waals surface area (Å²) < 4.78 is 11.5. The zero-order chi connectivity index (χ0) is 14.5. The Labute approximate surface area is 130 Å². The van der Waals surface area contributed by atoms with E-state index in [0.29, 0.717) is 22.1 Å². The molecule has 0 radical (unpaired) electrons. The molecule has 0 aliphatic rings. The Hall–Kier alpha value is -1.52. The molecule has 0 atom stereocenters. The third kappa shape index (κ3) is 3.32. The molecule has 0 saturated heterocycles. The Bertz CT molecular complexity index is 628. The van der Waals surface area contributed by atoms with Gasteiger partial charge in [0.1, 0.15) is 0 Å². The Morgan fingerprint density at radius 3 is 2.65 bits per heavy atom. The first-order valence-corrected chi connectivity index (χ1v) is 7.03. The zero-order valence-corrected chi connectivity index (χ0v) is 13.1. The highest BCUT2D eigenvalue weighted by molar-refractivity contribution is 9.10. The maximum atomic E-state index is 12.1. The van der Waals surface area contributed by atoms with Crippen molar-refractivity contribution in [2.45, 2.75) is 0 Å². The number of ketones is 1. The van der Waals surface area contributed by atoms with Crippen LogP contribution in [0.25, 0.3) is 0 Å². The number of hydrogen-bond donors (Lipinski definition) is 0. The summed E-state index contributed by atoms with van der Waals surface area (Å²) in [6.07, 6.45) is 0. The lowest BCUT2D eigenvalue weighted by atomic mass is 10.1. The summed E-state index contributed by atoms with van der Waals surface area (Å²) in [5, 5.41) is 0.417. The molecular formula is C15H12BrClO3. The van der Waals surface area contributed by atoms with E-state index >= 15 is 0 Å². The zero-order valence-electron chi connectivity index (χ0n) is 10.7. The van der Waals surface area contributed by atoms with Gasteiger partial charge in [0, 0.05) is 5.56 Å². The summed E-state index contributed by atoms with van der Waals surface area (Å²) in [4.78, 5) is 12.1. The van der Waals surface area contributed by atoms with Crippen molar-refractivity contribution >= 4 is 33.3 Å². The number of hydrogen-bond acceptors (Lipinski definition) is 3. The van der Waals surface area contributed by atoms with E-state index in [1.807, 2.05) is 12.1 Å². The molecule has 2 aromatic rings. The molecule has 0 aliphatic heterocycles. The Morgan fingerprint density at radius 1 is 1.20 bits per heavy atom. The number of ether oxygens (including phenoxy) is 2. The van der Waals surface area contributed by atoms with E-state index < -0.39 is 0 Å². The van der Waals surface area contributed by atoms with Crippen molar-refractivity contribution in [3.8, 4) is 11.5 Å². The minimum absolute atomic E-state index is 0.108. The lowest BCUT2D eigenvalue weighted by Gasteiger charge is -2.12. The number of halogens is 2. The van der Waals surface area contributed by atoms with Crippen molar-refractivity contribution in [2.24, 2.45) is 0 Å². The summed E-state index contributed by atoms with van der Waals surface area (Å²) in [6.45, 7) is -0.108. The van der Waals surface area contributed by atoms with Crippen LogP contribution in [0.2, 0.25) is 5.02 Å². The van der Waals surface area contributed by atoms with Crippen LogP contribution in [-0.4, -0.2) is 19.5 Å². The van der Waals surface area contributed by atoms with Gasteiger partial charge in [-0.3, -0.25) is 4.79 Å². The molecule has 3 nitrogen and oxygen atoms in total. The predicted molar refractivity (Wildman–Crippen MR) is 82.0 cm³/mol. The molecule has 20 heavy (non-hydrogen) atoms. The second-order valence-electron chi connectivity index (χ2n) is 3.96. The molecule has 0 aliphatic carbocycles. The average molecular weight is 356 g/mol. The molecule has 0 fully saturated rings. The van der Waals surface area contributed by atoms with Gasteiger partial charge in [-0.25, -0.2) is 0 Å². The molecule has 2 rings (SSSR count). The second kappa shape index (κ2) is 6.77. The smallest absolute Gasteiger partial charge is 0.201 e. The van der Waals surface area contributed by atoms with Gasteiger partial charge in [-0.15, -0.1) is 0 Å². The predicted octanol–water partition coefficient (Wildman–Crippen LogP) is 4.37. The van der Waals surface area contributed by atoms with Crippen LogP contribution in [0.3, 0.4) is 0 Å². The number of carbonyl (C=O) groups excluding carboxylic acids is 1. The molecule has 0 N–H and O–H groups in total. The first kappa shape index (κ1) is 14.9. The number of carbonyl (C=O) groups is 1. The molecule has 2 aromatic carbocycles. The molecule has 0 unspecified atom stereocenters. The van der Waals surface area contributed by atoms with Gasteiger partial charge in [0.2, 0.25) is 5.78 Å². The van der Waals surface area contributed by atoms with Crippen molar-refractivity contribution in [2.75, 3.05) is 13.7 Å². The third-order valence-corrected chi connectivity index (χ3v) is 3.63. The van der Waals surface area contributed by atoms with Crippen molar-refractivity contribution in [3.63, 3.8) is 0 Å². The highest BCUT2D eigenvalue weighted by Gasteiger charge is 2.14. The standard InChI is InChI=1S/C15H12BrClO3/c1-19-14-8-4-6-11(16)15(14)20-9-13(18)10-5-2-3-7-12(10)17/h2-8H,9H2,1H3. The first-order valence-electron chi connectivity index (χ1n) is 5.86. The fourth-order valence-corrected chi connectivity index (χ4v) is 2.40. The molecule has 0 spiro atoms. The summed E-state index contributed by atoms with van der Waals surface area (Å²) in [5.74, 6) is 0.871. The fraction of sp³-hybridized carbons (Fsp3) is 0.133. The number of methoxy groups -OCH3 is 1. The molecule has 0 bridgehead atoms. The normalized spacial score (nSPS) is 10.2. The lowest BCUT2D eigenvalue weighted by Crippen LogP contribution is -2.12. The van der Waals surface area contributed by atoms with Crippen molar-refractivity contribution < 1.29 is 14.3 Å². The fourth-order valence-electron chi connectivity index (χ4n) is 1.69. The number of para-hydroxylation sites is 1. The quantitative estimate of drug-likeness (QED) is 0.747. The SMILES string of the molecule is COc1cccc(Br)c1OCC(=O)c1ccccc1Cl. The van der Waals surface area contributed by atoms with Gasteiger partial charge < -0.3 is 9.47 Å². The van der Waals surface area contributed by atoms with Crippen LogP contribution in [0.4, 0.5) is 0 Å². The second-order valence-corrected chi connectivity index (χ2v) is 5.22. The summed E-state index contributed by atoms with van der Waals surface area (Å²) in [6, 6.07) is 12.3. The highest BCUT2D eigenvalue weighted by atomic mass is 79.9. The molecule has 104 valence electrons. The molecular weight excluding hydrogens is 344 g/mol. The molecule has 0 saturated carbocycles. The Morgan fingerprint density at radius 2 is 1.95 bits per heavy atom. The summed E-state index contributed by atoms with van der Waals surface area (Å²) in [5.41, 5.74) is 0.445. The third-order valence-electron chi connectivity index (χ3n) is 2.67. The largest absolute Gasteiger partial charge is 0.493 e. The Kier molecular flexibility index (Phi) is 5.04. The Balaban J connectivity index is 2.14. The van der Waals surface area contributed by atoms with Crippen LogP contribution in [0.15, 0.2) is 46.9 Å².